The zero-order chi connectivity index (χ0) is 99.7. The van der Waals surface area contributed by atoms with E-state index in [1.165, 1.54) is 105 Å². The number of rotatable bonds is 19. The smallest absolute Gasteiger partial charge is 0.164 e. The molecule has 150 heavy (non-hydrogen) atoms. The lowest BCUT2D eigenvalue weighted by Gasteiger charge is -2.19. The van der Waals surface area contributed by atoms with Gasteiger partial charge < -0.3 is 28.1 Å². The van der Waals surface area contributed by atoms with E-state index >= 15 is 0 Å². The molecule has 0 aliphatic carbocycles. The molecule has 2 aliphatic heterocycles. The fourth-order valence-electron chi connectivity index (χ4n) is 21.5. The van der Waals surface area contributed by atoms with Gasteiger partial charge in [-0.1, -0.05) is 377 Å². The second-order valence-corrected chi connectivity index (χ2v) is 37.5. The summed E-state index contributed by atoms with van der Waals surface area (Å²) in [6.07, 6.45) is 12.1. The van der Waals surface area contributed by atoms with Gasteiger partial charge in [-0.05, 0) is 186 Å². The Bertz CT molecular complexity index is 9460. The van der Waals surface area contributed by atoms with Gasteiger partial charge in [0, 0.05) is 147 Å². The van der Waals surface area contributed by atoms with Crippen molar-refractivity contribution in [3.63, 3.8) is 0 Å². The Morgan fingerprint density at radius 1 is 0.220 bits per heavy atom. The number of hydrogen-bond donors (Lipinski definition) is 0. The van der Waals surface area contributed by atoms with Gasteiger partial charge in [-0.25, -0.2) is 44.9 Å². The van der Waals surface area contributed by atoms with Crippen molar-refractivity contribution in [3.8, 4) is 130 Å². The van der Waals surface area contributed by atoms with Crippen LogP contribution in [0.1, 0.15) is 17.0 Å². The van der Waals surface area contributed by atoms with Crippen LogP contribution in [-0.4, -0.2) is 76.2 Å². The first-order valence-corrected chi connectivity index (χ1v) is 50.7. The van der Waals surface area contributed by atoms with Crippen LogP contribution in [0, 0.1) is 0 Å². The summed E-state index contributed by atoms with van der Waals surface area (Å²) < 4.78 is 9.35. The minimum atomic E-state index is 0.596. The van der Waals surface area contributed by atoms with Gasteiger partial charge in [-0.3, -0.25) is 0 Å². The van der Waals surface area contributed by atoms with Crippen LogP contribution in [0.25, 0.3) is 219 Å². The maximum Gasteiger partial charge on any atom is 0.164 e. The summed E-state index contributed by atoms with van der Waals surface area (Å²) in [6, 6.07) is 169. The quantitative estimate of drug-likeness (QED) is 0.0714. The van der Waals surface area contributed by atoms with Gasteiger partial charge in [0.25, 0.3) is 0 Å². The molecule has 0 amide bonds. The van der Waals surface area contributed by atoms with E-state index in [9.17, 15) is 0 Å². The van der Waals surface area contributed by atoms with Crippen molar-refractivity contribution >= 4 is 111 Å². The summed E-state index contributed by atoms with van der Waals surface area (Å²) in [6.45, 7) is 6.45. The number of aromatic nitrogens is 13. The van der Waals surface area contributed by atoms with E-state index in [4.69, 9.17) is 44.9 Å². The lowest BCUT2D eigenvalue weighted by atomic mass is 10.0. The lowest BCUT2D eigenvalue weighted by molar-refractivity contribution is 1.00. The monoisotopic (exact) mass is 1930 g/mol. The first-order chi connectivity index (χ1) is 74.3. The number of fused-ring (bicyclic) bond motifs is 15. The van der Waals surface area contributed by atoms with Crippen molar-refractivity contribution < 1.29 is 0 Å². The SMILES string of the molecule is C=C(/C=C\C=C\c1nc(-c2ccccc2)nc(-c2ccccc2)n1)n1c2ccccc2c2c3c(ccc21)N(c1ccccc1)CC3.c1ccc(-c2nc(-c3ccccc3)nc(-c3ccc(-c4cccc(-n5c6ccccc6c6c7c(ccc65)N(c5ccccc5)CC7)c4)cc3)n2)cc1.c1ccc(-c2nc(-c3ccccc3)nc(-c3cccc(-c4cccc(-n5c6ccccc6c6c7ccn(-c8ccccc8)c7ccc65)c4)c3)n2)cc1. The summed E-state index contributed by atoms with van der Waals surface area (Å²) >= 11 is 0. The maximum atomic E-state index is 4.98. The molecule has 0 atom stereocenters. The van der Waals surface area contributed by atoms with Crippen molar-refractivity contribution in [1.29, 1.82) is 0 Å². The summed E-state index contributed by atoms with van der Waals surface area (Å²) in [5, 5.41) is 8.94. The average molecular weight is 1930 g/mol. The van der Waals surface area contributed by atoms with Crippen molar-refractivity contribution in [2.24, 2.45) is 0 Å². The summed E-state index contributed by atoms with van der Waals surface area (Å²) in [4.78, 5) is 48.7. The third kappa shape index (κ3) is 17.2. The fourth-order valence-corrected chi connectivity index (χ4v) is 21.5. The van der Waals surface area contributed by atoms with Crippen molar-refractivity contribution in [2.75, 3.05) is 22.9 Å². The standard InChI is InChI=1S/C47H31N5.C47H33N5.C41H31N5/c1-4-14-32(15-5-1)45-48-46(33-16-6-2-7-17-33)50-47(49-45)36-20-12-18-34(30-36)35-19-13-23-38(31-35)52-42-25-11-10-24-39(42)44-40-28-29-51(37-21-8-3-9-22-37)41(40)26-27-43(44)52;1-4-13-33(14-5-1)45-48-46(34-15-6-2-7-16-34)50-47(49-45)35-25-23-32(24-26-35)36-17-12-20-38(31-36)52-42-22-11-10-21-39(42)44-40-29-30-51(37-18-8-3-9-19-37)41(40)27-28-43(44)52;1-29(15-11-14-24-38-42-40(30-16-5-2-6-17-30)44-41(43-38)31-18-7-3-8-19-31)46-36-23-13-12-22-33(36)39-34-27-28-45(32-20-9-4-10-21-32)35(34)25-26-37(39)46/h1-31H;1-28,31H,29-30H2;2-26H,1,27-28H2/b;;15-11-,24-14+. The van der Waals surface area contributed by atoms with Gasteiger partial charge >= 0.3 is 0 Å². The van der Waals surface area contributed by atoms with Crippen LogP contribution >= 0.6 is 0 Å². The Morgan fingerprint density at radius 2 is 0.527 bits per heavy atom. The number of para-hydroxylation sites is 6. The predicted molar refractivity (Wildman–Crippen MR) is 617 cm³/mol. The first-order valence-electron chi connectivity index (χ1n) is 50.7. The average Bonchev–Trinajstić information content (AvgIpc) is 1.58. The molecule has 0 spiro atoms. The van der Waals surface area contributed by atoms with Crippen LogP contribution in [-0.2, 0) is 12.8 Å². The predicted octanol–water partition coefficient (Wildman–Crippen LogP) is 32.7. The van der Waals surface area contributed by atoms with E-state index in [-0.39, 0.29) is 0 Å². The van der Waals surface area contributed by atoms with Gasteiger partial charge in [0.15, 0.2) is 52.4 Å². The molecule has 19 aromatic carbocycles. The molecule has 7 aromatic heterocycles. The zero-order valence-electron chi connectivity index (χ0n) is 81.8. The Hall–Kier alpha value is -20.0. The van der Waals surface area contributed by atoms with E-state index in [2.05, 4.69) is 344 Å². The van der Waals surface area contributed by atoms with Crippen LogP contribution in [0.15, 0.2) is 516 Å². The minimum absolute atomic E-state index is 0.596. The first kappa shape index (κ1) is 90.0. The van der Waals surface area contributed by atoms with E-state index < -0.39 is 0 Å². The number of anilines is 4. The van der Waals surface area contributed by atoms with Crippen LogP contribution in [0.3, 0.4) is 0 Å². The van der Waals surface area contributed by atoms with Gasteiger partial charge in [-0.2, -0.15) is 0 Å². The normalized spacial score (nSPS) is 12.2. The number of allylic oxidation sites excluding steroid dienone is 4. The highest BCUT2D eigenvalue weighted by Gasteiger charge is 2.30. The topological polar surface area (TPSA) is 142 Å². The van der Waals surface area contributed by atoms with E-state index in [0.717, 1.165) is 121 Å². The van der Waals surface area contributed by atoms with Gasteiger partial charge in [-0.15, -0.1) is 0 Å². The third-order valence-corrected chi connectivity index (χ3v) is 28.5. The summed E-state index contributed by atoms with van der Waals surface area (Å²) in [5.41, 5.74) is 32.6. The van der Waals surface area contributed by atoms with Gasteiger partial charge in [0.05, 0.1) is 38.6 Å². The molecule has 0 unspecified atom stereocenters. The molecule has 9 heterocycles. The Balaban J connectivity index is 0.000000114. The minimum Gasteiger partial charge on any atom is -0.341 e. The number of nitrogens with zero attached hydrogens (tertiary/aromatic N) is 15. The number of benzene rings is 19. The Morgan fingerprint density at radius 3 is 0.987 bits per heavy atom. The second-order valence-electron chi connectivity index (χ2n) is 37.5. The highest BCUT2D eigenvalue weighted by Crippen LogP contribution is 2.48. The van der Waals surface area contributed by atoms with Crippen LogP contribution in [0.2, 0.25) is 0 Å². The van der Waals surface area contributed by atoms with Crippen LogP contribution < -0.4 is 9.80 Å². The molecule has 0 saturated carbocycles. The zero-order valence-corrected chi connectivity index (χ0v) is 81.8. The molecule has 15 nitrogen and oxygen atoms in total. The number of hydrogen-bond acceptors (Lipinski definition) is 11. The summed E-state index contributed by atoms with van der Waals surface area (Å²) in [5.74, 6) is 5.79. The van der Waals surface area contributed by atoms with Crippen molar-refractivity contribution in [2.45, 2.75) is 12.8 Å². The molecule has 28 rings (SSSR count). The molecular formula is C135H95N15. The van der Waals surface area contributed by atoms with Crippen LogP contribution in [0.5, 0.6) is 0 Å². The van der Waals surface area contributed by atoms with Gasteiger partial charge in [0.1, 0.15) is 0 Å². The van der Waals surface area contributed by atoms with E-state index in [1.54, 1.807) is 0 Å². The van der Waals surface area contributed by atoms with E-state index in [0.29, 0.717) is 52.4 Å². The molecule has 26 aromatic rings. The van der Waals surface area contributed by atoms with Crippen molar-refractivity contribution in [1.82, 2.24) is 63.1 Å². The molecule has 2 aliphatic rings. The highest BCUT2D eigenvalue weighted by atomic mass is 15.2. The van der Waals surface area contributed by atoms with Gasteiger partial charge in [0.2, 0.25) is 0 Å². The lowest BCUT2D eigenvalue weighted by Crippen LogP contribution is -2.12. The second kappa shape index (κ2) is 39.6. The maximum absolute atomic E-state index is 4.98. The van der Waals surface area contributed by atoms with Crippen molar-refractivity contribution in [3.05, 3.63) is 533 Å². The third-order valence-electron chi connectivity index (χ3n) is 28.5. The molecule has 0 bridgehead atoms. The summed E-state index contributed by atoms with van der Waals surface area (Å²) in [7, 11) is 0. The van der Waals surface area contributed by atoms with E-state index in [1.807, 2.05) is 206 Å². The molecule has 15 heteroatoms. The Kier molecular flexibility index (Phi) is 23.8. The van der Waals surface area contributed by atoms with Crippen LogP contribution in [0.4, 0.5) is 22.7 Å². The highest BCUT2D eigenvalue weighted by molar-refractivity contribution is 6.22. The molecule has 710 valence electrons. The molecule has 0 N–H and O–H groups in total. The largest absolute Gasteiger partial charge is 0.341 e. The molecule has 0 fully saturated rings. The fraction of sp³-hybridized carbons (Fsp3) is 0.0296. The Labute approximate surface area is 867 Å². The molecule has 0 radical (unpaired) electrons. The molecular weight excluding hydrogens is 1830 g/mol. The molecule has 0 saturated heterocycles.